The highest BCUT2D eigenvalue weighted by atomic mass is 32.2. The lowest BCUT2D eigenvalue weighted by Gasteiger charge is -2.33. The minimum absolute atomic E-state index is 0.0151. The Kier molecular flexibility index (Phi) is 4.23. The van der Waals surface area contributed by atoms with E-state index in [0.717, 1.165) is 17.7 Å². The van der Waals surface area contributed by atoms with Gasteiger partial charge < -0.3 is 5.11 Å². The molecular formula is C17H18FNO3S. The van der Waals surface area contributed by atoms with E-state index in [-0.39, 0.29) is 11.4 Å². The second-order valence-corrected chi connectivity index (χ2v) is 7.72. The molecule has 0 spiro atoms. The molecule has 1 unspecified atom stereocenters. The molecule has 0 heterocycles. The summed E-state index contributed by atoms with van der Waals surface area (Å²) in [6, 6.07) is 12.5. The summed E-state index contributed by atoms with van der Waals surface area (Å²) in [6.07, 6.45) is 1.62. The first-order chi connectivity index (χ1) is 10.9. The summed E-state index contributed by atoms with van der Waals surface area (Å²) in [5.41, 5.74) is 1.13. The predicted octanol–water partition coefficient (Wildman–Crippen LogP) is 2.02. The van der Waals surface area contributed by atoms with Crippen LogP contribution in [-0.4, -0.2) is 25.7 Å². The number of benzene rings is 2. The smallest absolute Gasteiger partial charge is 0.240 e. The maximum Gasteiger partial charge on any atom is 0.240 e. The number of hydrogen-bond donors (Lipinski definition) is 2. The van der Waals surface area contributed by atoms with Crippen molar-refractivity contribution in [2.45, 2.75) is 29.8 Å². The molecular weight excluding hydrogens is 317 g/mol. The molecule has 0 radical (unpaired) electrons. The molecule has 0 amide bonds. The number of sulfonamides is 1. The van der Waals surface area contributed by atoms with Crippen molar-refractivity contribution >= 4 is 10.0 Å². The van der Waals surface area contributed by atoms with E-state index in [2.05, 4.69) is 4.72 Å². The molecule has 4 nitrogen and oxygen atoms in total. The first-order valence-corrected chi connectivity index (χ1v) is 8.91. The van der Waals surface area contributed by atoms with Crippen LogP contribution in [0.25, 0.3) is 0 Å². The summed E-state index contributed by atoms with van der Waals surface area (Å²) in [4.78, 5) is -0.0151. The maximum absolute atomic E-state index is 12.9. The first kappa shape index (κ1) is 16.1. The van der Waals surface area contributed by atoms with Crippen molar-refractivity contribution in [2.24, 2.45) is 0 Å². The molecule has 0 saturated carbocycles. The molecule has 1 aliphatic carbocycles. The molecule has 0 bridgehead atoms. The fourth-order valence-electron chi connectivity index (χ4n) is 2.86. The van der Waals surface area contributed by atoms with Gasteiger partial charge in [-0.25, -0.2) is 17.5 Å². The zero-order chi connectivity index (χ0) is 16.5. The van der Waals surface area contributed by atoms with E-state index >= 15 is 0 Å². The van der Waals surface area contributed by atoms with Crippen LogP contribution in [0.4, 0.5) is 4.39 Å². The molecule has 3 rings (SSSR count). The van der Waals surface area contributed by atoms with Crippen LogP contribution >= 0.6 is 0 Å². The Hall–Kier alpha value is -1.76. The van der Waals surface area contributed by atoms with E-state index in [1.54, 1.807) is 0 Å². The van der Waals surface area contributed by atoms with Crippen molar-refractivity contribution in [1.29, 1.82) is 0 Å². The van der Waals surface area contributed by atoms with Crippen molar-refractivity contribution in [1.82, 2.24) is 4.72 Å². The monoisotopic (exact) mass is 335 g/mol. The Morgan fingerprint density at radius 2 is 1.74 bits per heavy atom. The van der Waals surface area contributed by atoms with Gasteiger partial charge in [-0.2, -0.15) is 0 Å². The molecule has 0 fully saturated rings. The van der Waals surface area contributed by atoms with Crippen LogP contribution in [-0.2, 0) is 22.9 Å². The third kappa shape index (κ3) is 3.60. The van der Waals surface area contributed by atoms with Crippen LogP contribution in [0.3, 0.4) is 0 Å². The third-order valence-electron chi connectivity index (χ3n) is 4.21. The van der Waals surface area contributed by atoms with Gasteiger partial charge in [0.2, 0.25) is 10.0 Å². The topological polar surface area (TPSA) is 66.4 Å². The maximum atomic E-state index is 12.9. The van der Waals surface area contributed by atoms with Crippen LogP contribution in [0.5, 0.6) is 0 Å². The second-order valence-electron chi connectivity index (χ2n) is 5.95. The molecule has 6 heteroatoms. The number of fused-ring (bicyclic) bond motifs is 1. The van der Waals surface area contributed by atoms with Gasteiger partial charge in [-0.1, -0.05) is 24.3 Å². The second kappa shape index (κ2) is 6.03. The Bertz CT molecular complexity index is 805. The molecule has 0 aliphatic heterocycles. The highest BCUT2D eigenvalue weighted by molar-refractivity contribution is 7.89. The number of aliphatic hydroxyl groups is 1. The molecule has 0 aromatic heterocycles. The fourth-order valence-corrected chi connectivity index (χ4v) is 3.98. The normalized spacial score (nSPS) is 21.0. The number of hydrogen-bond acceptors (Lipinski definition) is 3. The lowest BCUT2D eigenvalue weighted by Crippen LogP contribution is -2.46. The number of rotatable bonds is 4. The summed E-state index contributed by atoms with van der Waals surface area (Å²) >= 11 is 0. The van der Waals surface area contributed by atoms with Crippen LogP contribution < -0.4 is 4.72 Å². The third-order valence-corrected chi connectivity index (χ3v) is 5.63. The van der Waals surface area contributed by atoms with Crippen molar-refractivity contribution in [3.8, 4) is 0 Å². The van der Waals surface area contributed by atoms with Gasteiger partial charge in [-0.15, -0.1) is 0 Å². The molecule has 2 N–H and O–H groups in total. The highest BCUT2D eigenvalue weighted by Crippen LogP contribution is 2.28. The largest absolute Gasteiger partial charge is 0.388 e. The van der Waals surface area contributed by atoms with E-state index in [1.807, 2.05) is 24.3 Å². The molecule has 122 valence electrons. The summed E-state index contributed by atoms with van der Waals surface area (Å²) in [5, 5.41) is 10.7. The molecule has 2 aromatic rings. The SMILES string of the molecule is O=S(=O)(NCC1(O)CCc2ccccc2C1)c1ccc(F)cc1. The van der Waals surface area contributed by atoms with E-state index in [4.69, 9.17) is 0 Å². The molecule has 23 heavy (non-hydrogen) atoms. The van der Waals surface area contributed by atoms with Gasteiger partial charge in [0.1, 0.15) is 5.82 Å². The quantitative estimate of drug-likeness (QED) is 0.898. The van der Waals surface area contributed by atoms with Crippen molar-refractivity contribution in [3.05, 3.63) is 65.5 Å². The average Bonchev–Trinajstić information content (AvgIpc) is 2.54. The lowest BCUT2D eigenvalue weighted by molar-refractivity contribution is 0.0317. The van der Waals surface area contributed by atoms with Gasteiger partial charge >= 0.3 is 0 Å². The minimum atomic E-state index is -3.77. The van der Waals surface area contributed by atoms with Gasteiger partial charge in [0.05, 0.1) is 10.5 Å². The standard InChI is InChI=1S/C17H18FNO3S/c18-15-5-7-16(8-6-15)23(21,22)19-12-17(20)10-9-13-3-1-2-4-14(13)11-17/h1-8,19-20H,9-12H2. The zero-order valence-corrected chi connectivity index (χ0v) is 13.3. The Morgan fingerprint density at radius 3 is 2.43 bits per heavy atom. The first-order valence-electron chi connectivity index (χ1n) is 7.42. The van der Waals surface area contributed by atoms with Crippen LogP contribution in [0, 0.1) is 5.82 Å². The number of aryl methyl sites for hydroxylation is 1. The van der Waals surface area contributed by atoms with Gasteiger partial charge in [0, 0.05) is 13.0 Å². The predicted molar refractivity (Wildman–Crippen MR) is 85.0 cm³/mol. The van der Waals surface area contributed by atoms with Crippen molar-refractivity contribution in [2.75, 3.05) is 6.54 Å². The van der Waals surface area contributed by atoms with Crippen LogP contribution in [0.15, 0.2) is 53.4 Å². The lowest BCUT2D eigenvalue weighted by atomic mass is 9.80. The van der Waals surface area contributed by atoms with Crippen LogP contribution in [0.2, 0.25) is 0 Å². The Balaban J connectivity index is 1.71. The van der Waals surface area contributed by atoms with Crippen molar-refractivity contribution < 1.29 is 17.9 Å². The number of nitrogens with one attached hydrogen (secondary N) is 1. The van der Waals surface area contributed by atoms with Gasteiger partial charge in [0.25, 0.3) is 0 Å². The van der Waals surface area contributed by atoms with Gasteiger partial charge in [-0.05, 0) is 48.2 Å². The summed E-state index contributed by atoms with van der Waals surface area (Å²) in [5.74, 6) is -0.494. The molecule has 0 saturated heterocycles. The Labute approximate surface area is 135 Å². The van der Waals surface area contributed by atoms with E-state index < -0.39 is 21.4 Å². The average molecular weight is 335 g/mol. The summed E-state index contributed by atoms with van der Waals surface area (Å²) < 4.78 is 39.8. The highest BCUT2D eigenvalue weighted by Gasteiger charge is 2.33. The number of halogens is 1. The van der Waals surface area contributed by atoms with E-state index in [9.17, 15) is 17.9 Å². The molecule has 2 aromatic carbocycles. The minimum Gasteiger partial charge on any atom is -0.388 e. The fraction of sp³-hybridized carbons (Fsp3) is 0.294. The van der Waals surface area contributed by atoms with Crippen LogP contribution in [0.1, 0.15) is 17.5 Å². The summed E-state index contributed by atoms with van der Waals surface area (Å²) in [6.45, 7) is -0.0684. The zero-order valence-electron chi connectivity index (χ0n) is 12.5. The van der Waals surface area contributed by atoms with Crippen molar-refractivity contribution in [3.63, 3.8) is 0 Å². The summed E-state index contributed by atoms with van der Waals surface area (Å²) in [7, 11) is -3.77. The van der Waals surface area contributed by atoms with E-state index in [1.165, 1.54) is 17.7 Å². The van der Waals surface area contributed by atoms with Gasteiger partial charge in [-0.3, -0.25) is 0 Å². The Morgan fingerprint density at radius 1 is 1.09 bits per heavy atom. The molecule has 1 aliphatic rings. The van der Waals surface area contributed by atoms with E-state index in [0.29, 0.717) is 19.3 Å². The molecule has 1 atom stereocenters. The van der Waals surface area contributed by atoms with Gasteiger partial charge in [0.15, 0.2) is 0 Å².